The number of carbonyl (C=O) groups is 2. The quantitative estimate of drug-likeness (QED) is 0.267. The molecule has 0 spiro atoms. The van der Waals surface area contributed by atoms with Crippen molar-refractivity contribution in [1.82, 2.24) is 15.6 Å². The van der Waals surface area contributed by atoms with Crippen LogP contribution in [0, 0.1) is 6.92 Å². The predicted octanol–water partition coefficient (Wildman–Crippen LogP) is 3.22. The smallest absolute Gasteiger partial charge is 0.227 e. The highest BCUT2D eigenvalue weighted by Gasteiger charge is 2.21. The van der Waals surface area contributed by atoms with Gasteiger partial charge in [0.15, 0.2) is 5.96 Å². The number of hydrogen-bond donors (Lipinski definition) is 3. The summed E-state index contributed by atoms with van der Waals surface area (Å²) in [6, 6.07) is 13.5. The Labute approximate surface area is 206 Å². The van der Waals surface area contributed by atoms with Gasteiger partial charge < -0.3 is 20.9 Å². The maximum Gasteiger partial charge on any atom is 0.227 e. The first-order valence-corrected chi connectivity index (χ1v) is 10.7. The van der Waals surface area contributed by atoms with Crippen molar-refractivity contribution in [3.05, 3.63) is 53.7 Å². The second kappa shape index (κ2) is 13.0. The molecule has 1 aliphatic heterocycles. The van der Waals surface area contributed by atoms with Crippen LogP contribution in [-0.4, -0.2) is 42.4 Å². The van der Waals surface area contributed by atoms with Crippen LogP contribution < -0.4 is 20.9 Å². The van der Waals surface area contributed by atoms with Gasteiger partial charge in [0.25, 0.3) is 0 Å². The average molecular weight is 550 g/mol. The highest BCUT2D eigenvalue weighted by molar-refractivity contribution is 14.0. The maximum atomic E-state index is 12.1. The molecule has 2 amide bonds. The summed E-state index contributed by atoms with van der Waals surface area (Å²) in [5, 5.41) is 9.17. The largest absolute Gasteiger partial charge is 0.357 e. The molecule has 0 bridgehead atoms. The van der Waals surface area contributed by atoms with Crippen LogP contribution >= 0.6 is 24.0 Å². The number of halogens is 1. The third kappa shape index (κ3) is 7.77. The van der Waals surface area contributed by atoms with Crippen molar-refractivity contribution in [3.63, 3.8) is 0 Å². The first-order chi connectivity index (χ1) is 15.0. The molecule has 1 saturated heterocycles. The Morgan fingerprint density at radius 2 is 1.94 bits per heavy atom. The molecule has 2 aromatic rings. The Morgan fingerprint density at radius 1 is 1.16 bits per heavy atom. The van der Waals surface area contributed by atoms with Crippen LogP contribution in [0.3, 0.4) is 0 Å². The third-order valence-electron chi connectivity index (χ3n) is 4.89. The maximum absolute atomic E-state index is 12.1. The van der Waals surface area contributed by atoms with Gasteiger partial charge in [-0.2, -0.15) is 0 Å². The number of nitrogens with one attached hydrogen (secondary N) is 3. The second-order valence-electron chi connectivity index (χ2n) is 7.40. The second-order valence-corrected chi connectivity index (χ2v) is 7.40. The summed E-state index contributed by atoms with van der Waals surface area (Å²) in [6.07, 6.45) is 1.85. The van der Waals surface area contributed by atoms with Gasteiger partial charge in [-0.15, -0.1) is 24.0 Å². The minimum Gasteiger partial charge on any atom is -0.357 e. The fourth-order valence-electron chi connectivity index (χ4n) is 3.33. The van der Waals surface area contributed by atoms with E-state index in [4.69, 9.17) is 0 Å². The number of aryl methyl sites for hydroxylation is 1. The number of aliphatic imine (C=N–C) groups is 1. The van der Waals surface area contributed by atoms with Crippen LogP contribution in [0.4, 0.5) is 11.5 Å². The minimum absolute atomic E-state index is 0. The van der Waals surface area contributed by atoms with Crippen molar-refractivity contribution in [2.75, 3.05) is 29.9 Å². The van der Waals surface area contributed by atoms with Crippen LogP contribution in [0.5, 0.6) is 0 Å². The summed E-state index contributed by atoms with van der Waals surface area (Å²) in [5.74, 6) is 1.30. The number of benzene rings is 1. The summed E-state index contributed by atoms with van der Waals surface area (Å²) in [4.78, 5) is 34.7. The van der Waals surface area contributed by atoms with Crippen molar-refractivity contribution in [2.24, 2.45) is 4.99 Å². The van der Waals surface area contributed by atoms with Gasteiger partial charge >= 0.3 is 0 Å². The molecule has 32 heavy (non-hydrogen) atoms. The molecule has 0 aliphatic carbocycles. The molecule has 1 aromatic carbocycles. The average Bonchev–Trinajstić information content (AvgIpc) is 3.18. The zero-order valence-corrected chi connectivity index (χ0v) is 20.9. The molecule has 8 nitrogen and oxygen atoms in total. The van der Waals surface area contributed by atoms with E-state index in [1.807, 2.05) is 55.1 Å². The number of amides is 2. The fraction of sp³-hybridized carbons (Fsp3) is 0.391. The van der Waals surface area contributed by atoms with Crippen LogP contribution in [0.1, 0.15) is 37.4 Å². The molecule has 3 rings (SSSR count). The Hall–Kier alpha value is -2.69. The Kier molecular flexibility index (Phi) is 10.4. The van der Waals surface area contributed by atoms with E-state index in [1.165, 1.54) is 0 Å². The summed E-state index contributed by atoms with van der Waals surface area (Å²) in [7, 11) is 0. The summed E-state index contributed by atoms with van der Waals surface area (Å²) < 4.78 is 0. The van der Waals surface area contributed by atoms with Crippen molar-refractivity contribution in [1.29, 1.82) is 0 Å². The molecule has 0 saturated carbocycles. The molecular weight excluding hydrogens is 519 g/mol. The van der Waals surface area contributed by atoms with E-state index in [0.717, 1.165) is 36.5 Å². The number of hydrogen-bond acceptors (Lipinski definition) is 4. The number of nitrogens with zero attached hydrogens (tertiary/aromatic N) is 3. The molecule has 172 valence electrons. The van der Waals surface area contributed by atoms with Gasteiger partial charge in [-0.3, -0.25) is 9.59 Å². The van der Waals surface area contributed by atoms with E-state index < -0.39 is 0 Å². The van der Waals surface area contributed by atoms with E-state index in [9.17, 15) is 9.59 Å². The Morgan fingerprint density at radius 3 is 2.59 bits per heavy atom. The number of rotatable bonds is 8. The first-order valence-electron chi connectivity index (χ1n) is 10.7. The van der Waals surface area contributed by atoms with Gasteiger partial charge in [0.05, 0.1) is 6.54 Å². The van der Waals surface area contributed by atoms with E-state index in [0.29, 0.717) is 37.7 Å². The molecule has 1 aliphatic rings. The zero-order valence-electron chi connectivity index (χ0n) is 18.6. The molecule has 0 atom stereocenters. The summed E-state index contributed by atoms with van der Waals surface area (Å²) >= 11 is 0. The van der Waals surface area contributed by atoms with Crippen LogP contribution in [0.25, 0.3) is 0 Å². The predicted molar refractivity (Wildman–Crippen MR) is 138 cm³/mol. The van der Waals surface area contributed by atoms with Gasteiger partial charge in [0.1, 0.15) is 5.82 Å². The summed E-state index contributed by atoms with van der Waals surface area (Å²) in [5.41, 5.74) is 2.85. The van der Waals surface area contributed by atoms with E-state index in [2.05, 4.69) is 25.9 Å². The lowest BCUT2D eigenvalue weighted by molar-refractivity contribution is -0.117. The van der Waals surface area contributed by atoms with Crippen molar-refractivity contribution < 1.29 is 9.59 Å². The third-order valence-corrected chi connectivity index (χ3v) is 4.89. The molecule has 3 N–H and O–H groups in total. The van der Waals surface area contributed by atoms with Crippen molar-refractivity contribution in [2.45, 2.75) is 39.7 Å². The Balaban J connectivity index is 0.00000363. The number of carbonyl (C=O) groups excluding carboxylic acids is 2. The lowest BCUT2D eigenvalue weighted by Crippen LogP contribution is -2.38. The van der Waals surface area contributed by atoms with Gasteiger partial charge in [-0.1, -0.05) is 18.2 Å². The van der Waals surface area contributed by atoms with Crippen LogP contribution in [-0.2, 0) is 16.1 Å². The van der Waals surface area contributed by atoms with Crippen LogP contribution in [0.15, 0.2) is 47.5 Å². The summed E-state index contributed by atoms with van der Waals surface area (Å²) in [6.45, 7) is 6.35. The van der Waals surface area contributed by atoms with E-state index in [1.54, 1.807) is 6.07 Å². The van der Waals surface area contributed by atoms with E-state index >= 15 is 0 Å². The SMILES string of the molecule is CCNC(=NCc1ccc(N2CCCC2=O)cc1)NCCC(=O)Nc1cccc(C)n1.I. The van der Waals surface area contributed by atoms with Crippen molar-refractivity contribution >= 4 is 53.3 Å². The molecule has 9 heteroatoms. The van der Waals surface area contributed by atoms with Gasteiger partial charge in [0, 0.05) is 43.9 Å². The van der Waals surface area contributed by atoms with Gasteiger partial charge in [-0.05, 0) is 50.1 Å². The number of pyridine rings is 1. The fourth-order valence-corrected chi connectivity index (χ4v) is 3.33. The Bertz CT molecular complexity index is 932. The molecule has 2 heterocycles. The normalized spacial score (nSPS) is 13.5. The minimum atomic E-state index is -0.103. The zero-order chi connectivity index (χ0) is 22.1. The number of anilines is 2. The monoisotopic (exact) mass is 550 g/mol. The highest BCUT2D eigenvalue weighted by atomic mass is 127. The lowest BCUT2D eigenvalue weighted by Gasteiger charge is -2.16. The van der Waals surface area contributed by atoms with Gasteiger partial charge in [-0.25, -0.2) is 9.98 Å². The molecule has 0 radical (unpaired) electrons. The number of guanidine groups is 1. The van der Waals surface area contributed by atoms with Crippen molar-refractivity contribution in [3.8, 4) is 0 Å². The molecular formula is C23H31IN6O2. The highest BCUT2D eigenvalue weighted by Crippen LogP contribution is 2.21. The molecule has 1 fully saturated rings. The van der Waals surface area contributed by atoms with Gasteiger partial charge in [0.2, 0.25) is 11.8 Å². The van der Waals surface area contributed by atoms with Crippen LogP contribution in [0.2, 0.25) is 0 Å². The standard InChI is InChI=1S/C23H30N6O2.HI/c1-3-24-23(25-14-13-21(30)28-20-7-4-6-17(2)27-20)26-16-18-9-11-19(12-10-18)29-15-5-8-22(29)31;/h4,6-7,9-12H,3,5,8,13-16H2,1-2H3,(H2,24,25,26)(H,27,28,30);1H. The topological polar surface area (TPSA) is 98.7 Å². The number of aromatic nitrogens is 1. The van der Waals surface area contributed by atoms with E-state index in [-0.39, 0.29) is 35.8 Å². The molecule has 1 aromatic heterocycles. The molecule has 0 unspecified atom stereocenters. The first kappa shape index (κ1) is 25.6. The lowest BCUT2D eigenvalue weighted by atomic mass is 10.2.